The van der Waals surface area contributed by atoms with Crippen LogP contribution >= 0.6 is 11.8 Å². The highest BCUT2D eigenvalue weighted by atomic mass is 32.2. The molecular weight excluding hydrogens is 396 g/mol. The van der Waals surface area contributed by atoms with Crippen LogP contribution in [0, 0.1) is 0 Å². The number of hydrogen-bond acceptors (Lipinski definition) is 6. The van der Waals surface area contributed by atoms with E-state index in [2.05, 4.69) is 42.4 Å². The standard InChI is InChI=1S/C22H24N6OS/c29-20(25-24-15-18-11-7-8-14-23-18)16-30-22-27-26-21(17-9-3-1-4-10-17)28(22)19-12-5-2-6-13-19/h1,3-4,7-11,14-15,19H,2,5-6,12-13,16H2,(H,25,29)/b24-15+. The molecular formula is C22H24N6OS. The van der Waals surface area contributed by atoms with Gasteiger partial charge in [0.1, 0.15) is 0 Å². The highest BCUT2D eigenvalue weighted by molar-refractivity contribution is 7.99. The van der Waals surface area contributed by atoms with Gasteiger partial charge in [0, 0.05) is 17.8 Å². The summed E-state index contributed by atoms with van der Waals surface area (Å²) in [7, 11) is 0. The van der Waals surface area contributed by atoms with Crippen molar-refractivity contribution in [3.8, 4) is 11.4 Å². The molecule has 30 heavy (non-hydrogen) atoms. The third kappa shape index (κ3) is 5.13. The van der Waals surface area contributed by atoms with Crippen molar-refractivity contribution in [2.24, 2.45) is 5.10 Å². The molecule has 1 amide bonds. The molecule has 0 spiro atoms. The third-order valence-electron chi connectivity index (χ3n) is 5.04. The van der Waals surface area contributed by atoms with Crippen LogP contribution in [0.25, 0.3) is 11.4 Å². The number of hydrazone groups is 1. The summed E-state index contributed by atoms with van der Waals surface area (Å²) in [5.74, 6) is 0.907. The first-order valence-corrected chi connectivity index (χ1v) is 11.2. The van der Waals surface area contributed by atoms with E-state index < -0.39 is 0 Å². The van der Waals surface area contributed by atoms with Crippen molar-refractivity contribution in [2.75, 3.05) is 5.75 Å². The Labute approximate surface area is 180 Å². The summed E-state index contributed by atoms with van der Waals surface area (Å²) in [6.07, 6.45) is 9.15. The summed E-state index contributed by atoms with van der Waals surface area (Å²) in [5.41, 5.74) is 4.29. The first-order chi connectivity index (χ1) is 14.8. The van der Waals surface area contributed by atoms with E-state index in [0.717, 1.165) is 29.4 Å². The van der Waals surface area contributed by atoms with Gasteiger partial charge in [0.25, 0.3) is 5.91 Å². The molecule has 0 atom stereocenters. The number of carbonyl (C=O) groups excluding carboxylic acids is 1. The third-order valence-corrected chi connectivity index (χ3v) is 5.99. The van der Waals surface area contributed by atoms with Crippen molar-refractivity contribution in [2.45, 2.75) is 43.3 Å². The molecule has 1 fully saturated rings. The lowest BCUT2D eigenvalue weighted by molar-refractivity contribution is -0.118. The summed E-state index contributed by atoms with van der Waals surface area (Å²) in [6, 6.07) is 16.0. The van der Waals surface area contributed by atoms with Crippen LogP contribution in [0.2, 0.25) is 0 Å². The fraction of sp³-hybridized carbons (Fsp3) is 0.318. The molecule has 0 unspecified atom stereocenters. The van der Waals surface area contributed by atoms with E-state index in [9.17, 15) is 4.79 Å². The van der Waals surface area contributed by atoms with Gasteiger partial charge in [-0.3, -0.25) is 14.3 Å². The Morgan fingerprint density at radius 2 is 1.90 bits per heavy atom. The molecule has 2 heterocycles. The fourth-order valence-electron chi connectivity index (χ4n) is 3.61. The molecule has 4 rings (SSSR count). The number of nitrogens with one attached hydrogen (secondary N) is 1. The molecule has 1 aliphatic carbocycles. The number of thioether (sulfide) groups is 1. The molecule has 1 N–H and O–H groups in total. The second-order valence-corrected chi connectivity index (χ2v) is 8.11. The van der Waals surface area contributed by atoms with Gasteiger partial charge in [-0.1, -0.05) is 67.4 Å². The lowest BCUT2D eigenvalue weighted by Gasteiger charge is -2.25. The van der Waals surface area contributed by atoms with Crippen LogP contribution in [0.4, 0.5) is 0 Å². The molecule has 3 aromatic rings. The zero-order valence-electron chi connectivity index (χ0n) is 16.6. The van der Waals surface area contributed by atoms with Gasteiger partial charge >= 0.3 is 0 Å². The number of hydrogen-bond donors (Lipinski definition) is 1. The Bertz CT molecular complexity index is 983. The number of benzene rings is 1. The van der Waals surface area contributed by atoms with E-state index in [1.807, 2.05) is 36.4 Å². The summed E-state index contributed by atoms with van der Waals surface area (Å²) in [4.78, 5) is 16.4. The van der Waals surface area contributed by atoms with Crippen LogP contribution in [0.15, 0.2) is 65.0 Å². The molecule has 154 valence electrons. The predicted octanol–water partition coefficient (Wildman–Crippen LogP) is 4.09. The molecule has 8 heteroatoms. The zero-order valence-corrected chi connectivity index (χ0v) is 17.5. The molecule has 1 aliphatic rings. The summed E-state index contributed by atoms with van der Waals surface area (Å²) >= 11 is 1.40. The lowest BCUT2D eigenvalue weighted by Crippen LogP contribution is -2.20. The van der Waals surface area contributed by atoms with Crippen molar-refractivity contribution in [3.63, 3.8) is 0 Å². The van der Waals surface area contributed by atoms with Gasteiger partial charge in [-0.25, -0.2) is 5.43 Å². The number of nitrogens with zero attached hydrogens (tertiary/aromatic N) is 5. The van der Waals surface area contributed by atoms with Gasteiger partial charge in [-0.05, 0) is 25.0 Å². The zero-order chi connectivity index (χ0) is 20.6. The molecule has 2 aromatic heterocycles. The minimum Gasteiger partial charge on any atom is -0.299 e. The first-order valence-electron chi connectivity index (χ1n) is 10.2. The van der Waals surface area contributed by atoms with Crippen LogP contribution in [0.1, 0.15) is 43.8 Å². The highest BCUT2D eigenvalue weighted by Gasteiger charge is 2.24. The van der Waals surface area contributed by atoms with Crippen molar-refractivity contribution < 1.29 is 4.79 Å². The molecule has 0 radical (unpaired) electrons. The fourth-order valence-corrected chi connectivity index (χ4v) is 4.41. The Morgan fingerprint density at radius 1 is 1.10 bits per heavy atom. The molecule has 0 saturated heterocycles. The average molecular weight is 421 g/mol. The Hall–Kier alpha value is -3.00. The molecule has 0 bridgehead atoms. The van der Waals surface area contributed by atoms with Gasteiger partial charge in [0.05, 0.1) is 17.7 Å². The number of amides is 1. The van der Waals surface area contributed by atoms with Crippen molar-refractivity contribution in [3.05, 3.63) is 60.4 Å². The Morgan fingerprint density at radius 3 is 2.67 bits per heavy atom. The number of rotatable bonds is 7. The normalized spacial score (nSPS) is 14.8. The quantitative estimate of drug-likeness (QED) is 0.354. The minimum atomic E-state index is -0.188. The van der Waals surface area contributed by atoms with Crippen LogP contribution in [-0.4, -0.2) is 37.6 Å². The maximum atomic E-state index is 12.2. The summed E-state index contributed by atoms with van der Waals surface area (Å²) in [6.45, 7) is 0. The minimum absolute atomic E-state index is 0.188. The van der Waals surface area contributed by atoms with Gasteiger partial charge < -0.3 is 0 Å². The van der Waals surface area contributed by atoms with E-state index >= 15 is 0 Å². The largest absolute Gasteiger partial charge is 0.299 e. The van der Waals surface area contributed by atoms with E-state index in [-0.39, 0.29) is 11.7 Å². The highest BCUT2D eigenvalue weighted by Crippen LogP contribution is 2.35. The maximum Gasteiger partial charge on any atom is 0.250 e. The molecule has 1 saturated carbocycles. The topological polar surface area (TPSA) is 85.1 Å². The van der Waals surface area contributed by atoms with Crippen molar-refractivity contribution in [1.29, 1.82) is 0 Å². The molecule has 7 nitrogen and oxygen atoms in total. The van der Waals surface area contributed by atoms with Gasteiger partial charge in [0.15, 0.2) is 11.0 Å². The summed E-state index contributed by atoms with van der Waals surface area (Å²) in [5, 5.41) is 13.6. The summed E-state index contributed by atoms with van der Waals surface area (Å²) < 4.78 is 2.23. The van der Waals surface area contributed by atoms with Crippen molar-refractivity contribution >= 4 is 23.9 Å². The van der Waals surface area contributed by atoms with Crippen LogP contribution in [0.5, 0.6) is 0 Å². The number of carbonyl (C=O) groups is 1. The second-order valence-electron chi connectivity index (χ2n) is 7.17. The number of pyridine rings is 1. The van der Waals surface area contributed by atoms with Gasteiger partial charge in [-0.2, -0.15) is 5.10 Å². The van der Waals surface area contributed by atoms with Gasteiger partial charge in [-0.15, -0.1) is 10.2 Å². The van der Waals surface area contributed by atoms with E-state index in [1.165, 1.54) is 37.2 Å². The average Bonchev–Trinajstić information content (AvgIpc) is 3.23. The monoisotopic (exact) mass is 420 g/mol. The molecule has 1 aromatic carbocycles. The van der Waals surface area contributed by atoms with Crippen molar-refractivity contribution in [1.82, 2.24) is 25.2 Å². The number of aromatic nitrogens is 4. The Kier molecular flexibility index (Phi) is 6.87. The lowest BCUT2D eigenvalue weighted by atomic mass is 9.95. The van der Waals surface area contributed by atoms with Crippen LogP contribution in [0.3, 0.4) is 0 Å². The van der Waals surface area contributed by atoms with E-state index in [0.29, 0.717) is 11.7 Å². The maximum absolute atomic E-state index is 12.2. The van der Waals surface area contributed by atoms with E-state index in [1.54, 1.807) is 6.20 Å². The van der Waals surface area contributed by atoms with Gasteiger partial charge in [0.2, 0.25) is 0 Å². The first kappa shape index (κ1) is 20.3. The predicted molar refractivity (Wildman–Crippen MR) is 118 cm³/mol. The SMILES string of the molecule is O=C(CSc1nnc(-c2ccccc2)n1C1CCCCC1)N/N=C/c1ccccn1. The van der Waals surface area contributed by atoms with Crippen LogP contribution < -0.4 is 5.43 Å². The molecule has 0 aliphatic heterocycles. The smallest absolute Gasteiger partial charge is 0.250 e. The Balaban J connectivity index is 1.45. The van der Waals surface area contributed by atoms with E-state index in [4.69, 9.17) is 0 Å². The van der Waals surface area contributed by atoms with Crippen LogP contribution in [-0.2, 0) is 4.79 Å². The second kappa shape index (κ2) is 10.2.